The van der Waals surface area contributed by atoms with Crippen LogP contribution in [0.5, 0.6) is 0 Å². The molecule has 0 unspecified atom stereocenters. The van der Waals surface area contributed by atoms with Gasteiger partial charge in [-0.05, 0) is 44.5 Å². The molecule has 0 saturated carbocycles. The number of nitro groups is 1. The largest absolute Gasteiger partial charge is 0.481 e. The third kappa shape index (κ3) is 3.59. The van der Waals surface area contributed by atoms with Crippen LogP contribution in [0.3, 0.4) is 0 Å². The van der Waals surface area contributed by atoms with Gasteiger partial charge < -0.3 is 5.11 Å². The van der Waals surface area contributed by atoms with Gasteiger partial charge in [0.25, 0.3) is 5.69 Å². The molecule has 0 spiro atoms. The minimum atomic E-state index is -0.737. The van der Waals surface area contributed by atoms with E-state index >= 15 is 0 Å². The van der Waals surface area contributed by atoms with Crippen molar-refractivity contribution in [2.45, 2.75) is 26.3 Å². The van der Waals surface area contributed by atoms with Gasteiger partial charge in [0.15, 0.2) is 0 Å². The zero-order chi connectivity index (χ0) is 15.6. The number of non-ortho nitro benzene ring substituents is 1. The van der Waals surface area contributed by atoms with Crippen molar-refractivity contribution in [1.29, 1.82) is 0 Å². The summed E-state index contributed by atoms with van der Waals surface area (Å²) in [6.45, 7) is 3.88. The van der Waals surface area contributed by atoms with E-state index in [9.17, 15) is 20.0 Å². The van der Waals surface area contributed by atoms with Gasteiger partial charge in [-0.25, -0.2) is 0 Å². The average Bonchev–Trinajstić information content (AvgIpc) is 2.43. The summed E-state index contributed by atoms with van der Waals surface area (Å²) in [7, 11) is 0. The van der Waals surface area contributed by atoms with Crippen molar-refractivity contribution in [2.75, 3.05) is 13.1 Å². The second kappa shape index (κ2) is 6.11. The molecule has 0 atom stereocenters. The van der Waals surface area contributed by atoms with Crippen molar-refractivity contribution in [3.8, 4) is 0 Å². The maximum Gasteiger partial charge on any atom is 0.309 e. The molecule has 1 aliphatic rings. The van der Waals surface area contributed by atoms with Crippen LogP contribution in [0.1, 0.15) is 25.3 Å². The number of aliphatic carboxylic acids is 1. The molecular formula is C14H17BrN2O4. The average molecular weight is 357 g/mol. The van der Waals surface area contributed by atoms with Crippen molar-refractivity contribution in [1.82, 2.24) is 4.90 Å². The van der Waals surface area contributed by atoms with Crippen molar-refractivity contribution in [2.24, 2.45) is 5.41 Å². The summed E-state index contributed by atoms with van der Waals surface area (Å²) in [6.07, 6.45) is 1.24. The van der Waals surface area contributed by atoms with Crippen LogP contribution in [0.4, 0.5) is 5.69 Å². The van der Waals surface area contributed by atoms with Gasteiger partial charge in [0.05, 0.1) is 10.3 Å². The first-order chi connectivity index (χ1) is 9.82. The number of carboxylic acids is 1. The predicted molar refractivity (Wildman–Crippen MR) is 81.1 cm³/mol. The summed E-state index contributed by atoms with van der Waals surface area (Å²) >= 11 is 3.36. The summed E-state index contributed by atoms with van der Waals surface area (Å²) in [5.74, 6) is -0.737. The minimum absolute atomic E-state index is 0.0581. The SMILES string of the molecule is CC1(C(=O)O)CCN(Cc2ccc([N+](=O)[O-])cc2Br)CC1. The summed E-state index contributed by atoms with van der Waals surface area (Å²) in [4.78, 5) is 23.7. The van der Waals surface area contributed by atoms with Crippen LogP contribution in [0, 0.1) is 15.5 Å². The Kier molecular flexibility index (Phi) is 4.63. The molecule has 1 aromatic carbocycles. The van der Waals surface area contributed by atoms with Crippen LogP contribution in [0.25, 0.3) is 0 Å². The maximum absolute atomic E-state index is 11.2. The zero-order valence-electron chi connectivity index (χ0n) is 11.7. The molecule has 1 saturated heterocycles. The van der Waals surface area contributed by atoms with Crippen LogP contribution in [-0.2, 0) is 11.3 Å². The molecule has 1 aromatic rings. The highest BCUT2D eigenvalue weighted by molar-refractivity contribution is 9.10. The van der Waals surface area contributed by atoms with E-state index in [1.807, 2.05) is 0 Å². The molecule has 21 heavy (non-hydrogen) atoms. The fourth-order valence-electron chi connectivity index (χ4n) is 2.44. The smallest absolute Gasteiger partial charge is 0.309 e. The lowest BCUT2D eigenvalue weighted by Gasteiger charge is -2.36. The lowest BCUT2D eigenvalue weighted by Crippen LogP contribution is -2.42. The van der Waals surface area contributed by atoms with E-state index in [2.05, 4.69) is 20.8 Å². The Morgan fingerprint density at radius 2 is 2.10 bits per heavy atom. The van der Waals surface area contributed by atoms with E-state index in [0.29, 0.717) is 36.9 Å². The topological polar surface area (TPSA) is 83.7 Å². The lowest BCUT2D eigenvalue weighted by molar-refractivity contribution is -0.384. The number of carboxylic acid groups (broad SMARTS) is 1. The fraction of sp³-hybridized carbons (Fsp3) is 0.500. The molecular weight excluding hydrogens is 340 g/mol. The van der Waals surface area contributed by atoms with E-state index in [0.717, 1.165) is 5.56 Å². The minimum Gasteiger partial charge on any atom is -0.481 e. The molecule has 114 valence electrons. The lowest BCUT2D eigenvalue weighted by atomic mass is 9.80. The monoisotopic (exact) mass is 356 g/mol. The Balaban J connectivity index is 2.01. The van der Waals surface area contributed by atoms with Gasteiger partial charge in [-0.2, -0.15) is 0 Å². The van der Waals surface area contributed by atoms with E-state index in [1.165, 1.54) is 12.1 Å². The third-order valence-corrected chi connectivity index (χ3v) is 4.86. The van der Waals surface area contributed by atoms with Gasteiger partial charge in [-0.3, -0.25) is 19.8 Å². The number of halogens is 1. The molecule has 2 rings (SSSR count). The molecule has 6 nitrogen and oxygen atoms in total. The highest BCUT2D eigenvalue weighted by atomic mass is 79.9. The Labute approximate surface area is 131 Å². The predicted octanol–water partition coefficient (Wildman–Crippen LogP) is 3.04. The quantitative estimate of drug-likeness (QED) is 0.661. The Morgan fingerprint density at radius 3 is 2.57 bits per heavy atom. The molecule has 1 aliphatic heterocycles. The third-order valence-electron chi connectivity index (χ3n) is 4.12. The van der Waals surface area contributed by atoms with Crippen molar-refractivity contribution in [3.63, 3.8) is 0 Å². The molecule has 1 heterocycles. The van der Waals surface area contributed by atoms with Crippen molar-refractivity contribution >= 4 is 27.6 Å². The highest BCUT2D eigenvalue weighted by Crippen LogP contribution is 2.32. The van der Waals surface area contributed by atoms with Gasteiger partial charge >= 0.3 is 5.97 Å². The number of nitro benzene ring substituents is 1. The van der Waals surface area contributed by atoms with E-state index < -0.39 is 16.3 Å². The van der Waals surface area contributed by atoms with Crippen LogP contribution in [0.2, 0.25) is 0 Å². The van der Waals surface area contributed by atoms with E-state index in [1.54, 1.807) is 13.0 Å². The Hall–Kier alpha value is -1.47. The standard InChI is InChI=1S/C14H17BrN2O4/c1-14(13(18)19)4-6-16(7-5-14)9-10-2-3-11(17(20)21)8-12(10)15/h2-3,8H,4-7,9H2,1H3,(H,18,19). The number of hydrogen-bond acceptors (Lipinski definition) is 4. The van der Waals surface area contributed by atoms with Crippen molar-refractivity contribution < 1.29 is 14.8 Å². The van der Waals surface area contributed by atoms with E-state index in [-0.39, 0.29) is 5.69 Å². The van der Waals surface area contributed by atoms with Gasteiger partial charge in [-0.1, -0.05) is 15.9 Å². The summed E-state index contributed by atoms with van der Waals surface area (Å²) in [6, 6.07) is 4.74. The Morgan fingerprint density at radius 1 is 1.48 bits per heavy atom. The molecule has 0 aliphatic carbocycles. The highest BCUT2D eigenvalue weighted by Gasteiger charge is 2.36. The van der Waals surface area contributed by atoms with Crippen LogP contribution in [-0.4, -0.2) is 34.0 Å². The van der Waals surface area contributed by atoms with Gasteiger partial charge in [0.1, 0.15) is 0 Å². The molecule has 0 amide bonds. The van der Waals surface area contributed by atoms with Gasteiger partial charge in [0, 0.05) is 23.2 Å². The first kappa shape index (κ1) is 15.9. The van der Waals surface area contributed by atoms with Crippen molar-refractivity contribution in [3.05, 3.63) is 38.3 Å². The van der Waals surface area contributed by atoms with Gasteiger partial charge in [-0.15, -0.1) is 0 Å². The zero-order valence-corrected chi connectivity index (χ0v) is 13.3. The molecule has 0 bridgehead atoms. The maximum atomic E-state index is 11.2. The van der Waals surface area contributed by atoms with Gasteiger partial charge in [0.2, 0.25) is 0 Å². The molecule has 7 heteroatoms. The van der Waals surface area contributed by atoms with Crippen LogP contribution < -0.4 is 0 Å². The number of piperidine rings is 1. The number of hydrogen-bond donors (Lipinski definition) is 1. The fourth-order valence-corrected chi connectivity index (χ4v) is 2.93. The number of benzene rings is 1. The normalized spacial score (nSPS) is 18.4. The number of rotatable bonds is 4. The first-order valence-electron chi connectivity index (χ1n) is 6.70. The van der Waals surface area contributed by atoms with E-state index in [4.69, 9.17) is 0 Å². The number of likely N-dealkylation sites (tertiary alicyclic amines) is 1. The number of carbonyl (C=O) groups is 1. The Bertz CT molecular complexity index is 568. The molecule has 1 fully saturated rings. The van der Waals surface area contributed by atoms with Crippen LogP contribution >= 0.6 is 15.9 Å². The summed E-state index contributed by atoms with van der Waals surface area (Å²) in [5, 5.41) is 19.9. The number of nitrogens with zero attached hydrogens (tertiary/aromatic N) is 2. The first-order valence-corrected chi connectivity index (χ1v) is 7.50. The summed E-state index contributed by atoms with van der Waals surface area (Å²) in [5.41, 5.74) is 0.394. The molecule has 1 N–H and O–H groups in total. The molecule has 0 aromatic heterocycles. The second-order valence-electron chi connectivity index (χ2n) is 5.67. The summed E-state index contributed by atoms with van der Waals surface area (Å²) < 4.78 is 0.711. The molecule has 0 radical (unpaired) electrons. The second-order valence-corrected chi connectivity index (χ2v) is 6.53. The van der Waals surface area contributed by atoms with Crippen LogP contribution in [0.15, 0.2) is 22.7 Å².